The number of nitrogen functional groups attached to an aromatic ring is 1. The molecule has 2 aromatic heterocycles. The van der Waals surface area contributed by atoms with Gasteiger partial charge < -0.3 is 16.4 Å². The number of nitrogens with one attached hydrogen (secondary N) is 2. The van der Waals surface area contributed by atoms with Gasteiger partial charge in [-0.2, -0.15) is 10.2 Å². The summed E-state index contributed by atoms with van der Waals surface area (Å²) in [5.74, 6) is -0.994. The number of benzene rings is 3. The monoisotopic (exact) mass is 543 g/mol. The number of ketones is 1. The average Bonchev–Trinajstić information content (AvgIpc) is 2.97. The molecular weight excluding hydrogens is 518 g/mol. The number of carbonyl (C=O) groups excluding carboxylic acids is 2. The van der Waals surface area contributed by atoms with E-state index >= 15 is 0 Å². The SMILES string of the molecule is CC(=O)C(=O)Nc1ccc(-c2cccc3cc([C@H](C)Nc4nc(N)ncc4C#N)n(-c4ccccc4)c(=O)c23)cc1. The number of carbonyl (C=O) groups is 2. The number of Topliss-reactive ketones (excluding diaryl/α,β-unsaturated/α-hetero) is 1. The lowest BCUT2D eigenvalue weighted by Gasteiger charge is -2.22. The third-order valence-corrected chi connectivity index (χ3v) is 6.59. The zero-order valence-corrected chi connectivity index (χ0v) is 22.3. The van der Waals surface area contributed by atoms with Gasteiger partial charge in [0.15, 0.2) is 0 Å². The second kappa shape index (κ2) is 11.1. The van der Waals surface area contributed by atoms with Crippen LogP contribution in [0.25, 0.3) is 27.6 Å². The van der Waals surface area contributed by atoms with E-state index in [4.69, 9.17) is 5.73 Å². The molecule has 0 unspecified atom stereocenters. The molecular formula is C31H25N7O3. The molecule has 202 valence electrons. The van der Waals surface area contributed by atoms with Crippen LogP contribution in [-0.2, 0) is 9.59 Å². The predicted molar refractivity (Wildman–Crippen MR) is 157 cm³/mol. The van der Waals surface area contributed by atoms with E-state index in [1.165, 1.54) is 13.1 Å². The van der Waals surface area contributed by atoms with Gasteiger partial charge in [-0.25, -0.2) is 4.98 Å². The van der Waals surface area contributed by atoms with Crippen LogP contribution in [0.3, 0.4) is 0 Å². The van der Waals surface area contributed by atoms with Crippen LogP contribution in [0.5, 0.6) is 0 Å². The second-order valence-electron chi connectivity index (χ2n) is 9.37. The van der Waals surface area contributed by atoms with E-state index in [0.29, 0.717) is 28.0 Å². The number of nitrogens with zero attached hydrogens (tertiary/aromatic N) is 4. The zero-order valence-electron chi connectivity index (χ0n) is 22.3. The first-order valence-electron chi connectivity index (χ1n) is 12.7. The highest BCUT2D eigenvalue weighted by atomic mass is 16.2. The quantitative estimate of drug-likeness (QED) is 0.251. The maximum Gasteiger partial charge on any atom is 0.291 e. The maximum atomic E-state index is 14.3. The van der Waals surface area contributed by atoms with Gasteiger partial charge in [-0.15, -0.1) is 0 Å². The van der Waals surface area contributed by atoms with Crippen LogP contribution >= 0.6 is 0 Å². The Hall–Kier alpha value is -5.82. The highest BCUT2D eigenvalue weighted by Gasteiger charge is 2.20. The zero-order chi connectivity index (χ0) is 29.1. The minimum atomic E-state index is -0.699. The number of nitriles is 1. The number of aromatic nitrogens is 3. The molecule has 0 bridgehead atoms. The van der Waals surface area contributed by atoms with Crippen LogP contribution in [0, 0.1) is 11.3 Å². The van der Waals surface area contributed by atoms with Gasteiger partial charge in [0.25, 0.3) is 11.5 Å². The van der Waals surface area contributed by atoms with Gasteiger partial charge >= 0.3 is 0 Å². The minimum Gasteiger partial charge on any atom is -0.368 e. The molecule has 5 aromatic rings. The van der Waals surface area contributed by atoms with Crippen LogP contribution in [0.1, 0.15) is 31.1 Å². The van der Waals surface area contributed by atoms with Crippen molar-refractivity contribution in [2.75, 3.05) is 16.4 Å². The summed E-state index contributed by atoms with van der Waals surface area (Å²) in [5, 5.41) is 16.5. The Kier molecular flexibility index (Phi) is 7.26. The number of fused-ring (bicyclic) bond motifs is 1. The van der Waals surface area contributed by atoms with Crippen LogP contribution < -0.4 is 21.9 Å². The van der Waals surface area contributed by atoms with E-state index in [-0.39, 0.29) is 22.9 Å². The average molecular weight is 544 g/mol. The van der Waals surface area contributed by atoms with Crippen molar-refractivity contribution < 1.29 is 9.59 Å². The van der Waals surface area contributed by atoms with Gasteiger partial charge in [0.1, 0.15) is 17.5 Å². The van der Waals surface area contributed by atoms with Crippen LogP contribution in [0.15, 0.2) is 89.9 Å². The maximum absolute atomic E-state index is 14.3. The van der Waals surface area contributed by atoms with Gasteiger partial charge in [-0.1, -0.05) is 48.5 Å². The predicted octanol–water partition coefficient (Wildman–Crippen LogP) is 4.60. The summed E-state index contributed by atoms with van der Waals surface area (Å²) in [4.78, 5) is 45.5. The van der Waals surface area contributed by atoms with Crippen LogP contribution in [-0.4, -0.2) is 26.2 Å². The van der Waals surface area contributed by atoms with Gasteiger partial charge in [0.05, 0.1) is 17.6 Å². The van der Waals surface area contributed by atoms with Crippen molar-refractivity contribution in [3.63, 3.8) is 0 Å². The molecule has 41 heavy (non-hydrogen) atoms. The highest BCUT2D eigenvalue weighted by molar-refractivity contribution is 6.39. The van der Waals surface area contributed by atoms with Crippen molar-refractivity contribution >= 4 is 39.9 Å². The Labute approximate surface area is 235 Å². The first-order chi connectivity index (χ1) is 19.8. The fourth-order valence-corrected chi connectivity index (χ4v) is 4.60. The Balaban J connectivity index is 1.65. The molecule has 10 heteroatoms. The van der Waals surface area contributed by atoms with Crippen molar-refractivity contribution in [2.45, 2.75) is 19.9 Å². The number of pyridine rings is 1. The van der Waals surface area contributed by atoms with Crippen molar-refractivity contribution in [2.24, 2.45) is 0 Å². The summed E-state index contributed by atoms with van der Waals surface area (Å²) < 4.78 is 1.64. The number of anilines is 3. The van der Waals surface area contributed by atoms with Gasteiger partial charge in [-0.05, 0) is 53.8 Å². The molecule has 4 N–H and O–H groups in total. The normalized spacial score (nSPS) is 11.4. The van der Waals surface area contributed by atoms with Crippen molar-refractivity contribution in [1.82, 2.24) is 14.5 Å². The Morgan fingerprint density at radius 2 is 1.76 bits per heavy atom. The lowest BCUT2D eigenvalue weighted by molar-refractivity contribution is -0.133. The highest BCUT2D eigenvalue weighted by Crippen LogP contribution is 2.31. The Bertz CT molecular complexity index is 1890. The van der Waals surface area contributed by atoms with E-state index in [0.717, 1.165) is 10.9 Å². The topological polar surface area (TPSA) is 156 Å². The second-order valence-corrected chi connectivity index (χ2v) is 9.37. The molecule has 0 fully saturated rings. The third kappa shape index (κ3) is 5.37. The van der Waals surface area contributed by atoms with E-state index in [9.17, 15) is 19.6 Å². The standard InChI is InChI=1S/C31H25N7O3/c1-18(35-28-22(16-32)17-34-31(33)37-28)26-15-21-7-6-10-25(20-11-13-23(14-12-20)36-29(40)19(2)39)27(21)30(41)38(26)24-8-4-3-5-9-24/h3-15,17-18H,1-2H3,(H,36,40)(H3,33,34,35,37)/t18-/m0/s1. The number of amides is 1. The number of nitrogens with two attached hydrogens (primary N) is 1. The van der Waals surface area contributed by atoms with Crippen LogP contribution in [0.4, 0.5) is 17.5 Å². The minimum absolute atomic E-state index is 0.0224. The summed E-state index contributed by atoms with van der Waals surface area (Å²) >= 11 is 0. The lowest BCUT2D eigenvalue weighted by atomic mass is 9.97. The number of para-hydroxylation sites is 1. The van der Waals surface area contributed by atoms with Crippen molar-refractivity contribution in [1.29, 1.82) is 5.26 Å². The fourth-order valence-electron chi connectivity index (χ4n) is 4.60. The summed E-state index contributed by atoms with van der Waals surface area (Å²) in [6.07, 6.45) is 1.35. The fraction of sp³-hybridized carbons (Fsp3) is 0.0968. The summed E-state index contributed by atoms with van der Waals surface area (Å²) in [6, 6.07) is 25.4. The van der Waals surface area contributed by atoms with Gasteiger partial charge in [0, 0.05) is 24.0 Å². The number of hydrogen-bond donors (Lipinski definition) is 3. The molecule has 0 radical (unpaired) electrons. The molecule has 0 aliphatic rings. The molecule has 3 aromatic carbocycles. The van der Waals surface area contributed by atoms with E-state index in [1.54, 1.807) is 28.8 Å². The van der Waals surface area contributed by atoms with Crippen LogP contribution in [0.2, 0.25) is 0 Å². The first kappa shape index (κ1) is 26.8. The Morgan fingerprint density at radius 1 is 1.02 bits per heavy atom. The van der Waals surface area contributed by atoms with E-state index in [2.05, 4.69) is 26.7 Å². The third-order valence-electron chi connectivity index (χ3n) is 6.59. The molecule has 1 atom stereocenters. The molecule has 0 saturated carbocycles. The van der Waals surface area contributed by atoms with Gasteiger partial charge in [-0.3, -0.25) is 19.0 Å². The molecule has 5 rings (SSSR count). The summed E-state index contributed by atoms with van der Waals surface area (Å²) in [7, 11) is 0. The molecule has 0 aliphatic carbocycles. The first-order valence-corrected chi connectivity index (χ1v) is 12.7. The molecule has 10 nitrogen and oxygen atoms in total. The molecule has 1 amide bonds. The number of rotatable bonds is 7. The Morgan fingerprint density at radius 3 is 2.44 bits per heavy atom. The summed E-state index contributed by atoms with van der Waals surface area (Å²) in [5.41, 5.74) is 9.03. The number of hydrogen-bond acceptors (Lipinski definition) is 8. The molecule has 0 spiro atoms. The summed E-state index contributed by atoms with van der Waals surface area (Å²) in [6.45, 7) is 3.07. The van der Waals surface area contributed by atoms with Crippen molar-refractivity contribution in [3.05, 3.63) is 107 Å². The largest absolute Gasteiger partial charge is 0.368 e. The van der Waals surface area contributed by atoms with Crippen molar-refractivity contribution in [3.8, 4) is 22.9 Å². The smallest absolute Gasteiger partial charge is 0.291 e. The lowest BCUT2D eigenvalue weighted by Crippen LogP contribution is -2.26. The van der Waals surface area contributed by atoms with E-state index in [1.807, 2.05) is 61.5 Å². The molecule has 0 saturated heterocycles. The van der Waals surface area contributed by atoms with Gasteiger partial charge in [0.2, 0.25) is 11.7 Å². The molecule has 0 aliphatic heterocycles. The van der Waals surface area contributed by atoms with E-state index < -0.39 is 17.7 Å². The molecule has 2 heterocycles.